The minimum absolute atomic E-state index is 0. The van der Waals surface area contributed by atoms with Crippen molar-refractivity contribution in [1.29, 1.82) is 0 Å². The van der Waals surface area contributed by atoms with Gasteiger partial charge in [-0.25, -0.2) is 0 Å². The predicted octanol–water partition coefficient (Wildman–Crippen LogP) is 2.36. The first kappa shape index (κ1) is 10.9. The van der Waals surface area contributed by atoms with E-state index >= 15 is 0 Å². The fourth-order valence-electron chi connectivity index (χ4n) is 0. The fraction of sp³-hybridized carbons (Fsp3) is 0.667. The summed E-state index contributed by atoms with van der Waals surface area (Å²) in [5.74, 6) is 0. The Kier molecular flexibility index (Phi) is 8.00. The van der Waals surface area contributed by atoms with Crippen molar-refractivity contribution in [3.05, 3.63) is 11.1 Å². The maximum atomic E-state index is 2.12. The minimum atomic E-state index is 0. The van der Waals surface area contributed by atoms with Crippen molar-refractivity contribution in [2.45, 2.75) is 27.7 Å². The number of rotatable bonds is 0. The van der Waals surface area contributed by atoms with Gasteiger partial charge in [0.05, 0.1) is 0 Å². The van der Waals surface area contributed by atoms with Crippen LogP contribution in [0.1, 0.15) is 27.7 Å². The van der Waals surface area contributed by atoms with Gasteiger partial charge in [-0.15, -0.1) is 0 Å². The van der Waals surface area contributed by atoms with E-state index in [-0.39, 0.29) is 37.7 Å². The monoisotopic (exact) mass is 124 g/mol. The molecule has 0 bridgehead atoms. The Morgan fingerprint density at radius 2 is 0.857 bits per heavy atom. The molecule has 0 aliphatic rings. The van der Waals surface area contributed by atoms with Crippen LogP contribution >= 0.6 is 0 Å². The molecule has 0 aromatic rings. The second-order valence-corrected chi connectivity index (χ2v) is 2.00. The Morgan fingerprint density at radius 1 is 0.714 bits per heavy atom. The van der Waals surface area contributed by atoms with Gasteiger partial charge in [0, 0.05) is 37.7 Å². The van der Waals surface area contributed by atoms with Crippen LogP contribution in [0.4, 0.5) is 0 Å². The number of hydrogen-bond donors (Lipinski definition) is 0. The second kappa shape index (κ2) is 5.14. The first-order valence-corrected chi connectivity index (χ1v) is 2.25. The van der Waals surface area contributed by atoms with E-state index in [1.165, 1.54) is 11.1 Å². The third-order valence-electron chi connectivity index (χ3n) is 1.00. The predicted molar refractivity (Wildman–Crippen MR) is 29.7 cm³/mol. The van der Waals surface area contributed by atoms with Gasteiger partial charge in [0.2, 0.25) is 0 Å². The maximum Gasteiger partial charge on any atom is 0 e. The summed E-state index contributed by atoms with van der Waals surface area (Å²) < 4.78 is 0. The van der Waals surface area contributed by atoms with E-state index in [4.69, 9.17) is 0 Å². The SMILES string of the molecule is CC(C)=C(C)C.[Ar]. The van der Waals surface area contributed by atoms with Gasteiger partial charge >= 0.3 is 0 Å². The molecule has 0 rings (SSSR count). The van der Waals surface area contributed by atoms with E-state index in [1.807, 2.05) is 0 Å². The first-order chi connectivity index (χ1) is 2.64. The van der Waals surface area contributed by atoms with Crippen molar-refractivity contribution in [1.82, 2.24) is 0 Å². The van der Waals surface area contributed by atoms with Crippen LogP contribution < -0.4 is 0 Å². The van der Waals surface area contributed by atoms with Crippen molar-refractivity contribution in [2.24, 2.45) is 0 Å². The molecule has 0 saturated heterocycles. The molecule has 0 aromatic heterocycles. The molecule has 0 saturated carbocycles. The number of allylic oxidation sites excluding steroid dienone is 2. The molecule has 0 aromatic carbocycles. The maximum absolute atomic E-state index is 2.12. The van der Waals surface area contributed by atoms with Gasteiger partial charge in [-0.3, -0.25) is 0 Å². The first-order valence-electron chi connectivity index (χ1n) is 2.25. The van der Waals surface area contributed by atoms with Crippen molar-refractivity contribution in [3.8, 4) is 0 Å². The molecule has 0 spiro atoms. The summed E-state index contributed by atoms with van der Waals surface area (Å²) in [4.78, 5) is 0. The molecule has 0 fully saturated rings. The molecule has 1 heteroatoms. The van der Waals surface area contributed by atoms with Crippen LogP contribution in [0.2, 0.25) is 0 Å². The zero-order valence-corrected chi connectivity index (χ0v) is 6.06. The molecule has 0 heterocycles. The number of hydrogen-bond acceptors (Lipinski definition) is 0. The Hall–Kier alpha value is 1.000. The van der Waals surface area contributed by atoms with Crippen molar-refractivity contribution >= 4 is 0 Å². The smallest absolute Gasteiger partial charge is 0 e. The van der Waals surface area contributed by atoms with E-state index in [9.17, 15) is 0 Å². The summed E-state index contributed by atoms with van der Waals surface area (Å²) in [6, 6.07) is 0. The Labute approximate surface area is 76.0 Å². The Morgan fingerprint density at radius 3 is 0.857 bits per heavy atom. The molecule has 0 nitrogen and oxygen atoms in total. The molecule has 0 radical (unpaired) electrons. The quantitative estimate of drug-likeness (QED) is 0.435. The summed E-state index contributed by atoms with van der Waals surface area (Å²) in [6.45, 7) is 8.48. The van der Waals surface area contributed by atoms with E-state index in [0.717, 1.165) is 0 Å². The van der Waals surface area contributed by atoms with Gasteiger partial charge in [-0.2, -0.15) is 0 Å². The molecule has 0 N–H and O–H groups in total. The summed E-state index contributed by atoms with van der Waals surface area (Å²) in [5, 5.41) is 0. The van der Waals surface area contributed by atoms with E-state index in [1.54, 1.807) is 0 Å². The average Bonchev–Trinajstić information content (AvgIpc) is 1.36. The molecular weight excluding hydrogens is 112 g/mol. The molecular formula is C6H12Ar. The largest absolute Gasteiger partial charge is 0.0778 e. The van der Waals surface area contributed by atoms with Gasteiger partial charge in [0.1, 0.15) is 0 Å². The standard InChI is InChI=1S/C6H12.Ar/c1-5(2)6(3)4;/h1-4H3;. The summed E-state index contributed by atoms with van der Waals surface area (Å²) in [5.41, 5.74) is 2.85. The van der Waals surface area contributed by atoms with Crippen LogP contribution in [0.25, 0.3) is 0 Å². The van der Waals surface area contributed by atoms with Crippen molar-refractivity contribution in [2.75, 3.05) is 0 Å². The summed E-state index contributed by atoms with van der Waals surface area (Å²) >= 11 is 0. The van der Waals surface area contributed by atoms with Crippen LogP contribution in [0.3, 0.4) is 0 Å². The zero-order chi connectivity index (χ0) is 5.15. The summed E-state index contributed by atoms with van der Waals surface area (Å²) in [6.07, 6.45) is 0. The van der Waals surface area contributed by atoms with E-state index < -0.39 is 0 Å². The average molecular weight is 124 g/mol. The Bertz CT molecular complexity index is 54.2. The molecule has 7 heavy (non-hydrogen) atoms. The third kappa shape index (κ3) is 7.00. The molecule has 0 aliphatic heterocycles. The van der Waals surface area contributed by atoms with Gasteiger partial charge in [0.15, 0.2) is 0 Å². The van der Waals surface area contributed by atoms with Crippen LogP contribution in [-0.4, -0.2) is 0 Å². The fourth-order valence-corrected chi connectivity index (χ4v) is 0. The topological polar surface area (TPSA) is 0 Å². The zero-order valence-electron chi connectivity index (χ0n) is 5.35. The third-order valence-corrected chi connectivity index (χ3v) is 1.00. The molecule has 0 atom stereocenters. The second-order valence-electron chi connectivity index (χ2n) is 2.00. The normalized spacial score (nSPS) is 6.86. The van der Waals surface area contributed by atoms with Crippen molar-refractivity contribution in [3.63, 3.8) is 0 Å². The van der Waals surface area contributed by atoms with Gasteiger partial charge in [0.25, 0.3) is 0 Å². The van der Waals surface area contributed by atoms with Crippen molar-refractivity contribution < 1.29 is 37.7 Å². The van der Waals surface area contributed by atoms with E-state index in [2.05, 4.69) is 27.7 Å². The molecule has 0 unspecified atom stereocenters. The summed E-state index contributed by atoms with van der Waals surface area (Å²) in [7, 11) is 0. The molecule has 0 amide bonds. The minimum Gasteiger partial charge on any atom is -0.0778 e. The van der Waals surface area contributed by atoms with Gasteiger partial charge in [-0.05, 0) is 27.7 Å². The Balaban J connectivity index is 0. The molecule has 0 aliphatic carbocycles. The van der Waals surface area contributed by atoms with E-state index in [0.29, 0.717) is 0 Å². The van der Waals surface area contributed by atoms with Crippen LogP contribution in [0.5, 0.6) is 0 Å². The van der Waals surface area contributed by atoms with Gasteiger partial charge in [-0.1, -0.05) is 11.1 Å². The van der Waals surface area contributed by atoms with Crippen LogP contribution in [-0.2, 0) is 0 Å². The van der Waals surface area contributed by atoms with Crippen LogP contribution in [0, 0.1) is 37.7 Å². The molecule has 44 valence electrons. The van der Waals surface area contributed by atoms with Gasteiger partial charge < -0.3 is 0 Å². The van der Waals surface area contributed by atoms with Crippen LogP contribution in [0.15, 0.2) is 11.1 Å².